The van der Waals surface area contributed by atoms with Crippen LogP contribution in [-0.2, 0) is 0 Å². The van der Waals surface area contributed by atoms with Gasteiger partial charge in [0, 0.05) is 19.1 Å². The summed E-state index contributed by atoms with van der Waals surface area (Å²) in [5.74, 6) is -0.290. The Bertz CT molecular complexity index is 281. The lowest BCUT2D eigenvalue weighted by molar-refractivity contribution is 0.230. The summed E-state index contributed by atoms with van der Waals surface area (Å²) in [6, 6.07) is 1.14. The Labute approximate surface area is 75.2 Å². The molecular formula is C8H11FN2O2. The zero-order chi connectivity index (χ0) is 9.68. The number of aliphatic hydroxyl groups is 1. The van der Waals surface area contributed by atoms with E-state index in [1.807, 2.05) is 0 Å². The maximum Gasteiger partial charge on any atom is 0.237 e. The number of nitrogen functional groups attached to an aromatic ring is 1. The zero-order valence-corrected chi connectivity index (χ0v) is 7.03. The summed E-state index contributed by atoms with van der Waals surface area (Å²) >= 11 is 0. The molecule has 72 valence electrons. The van der Waals surface area contributed by atoms with Crippen LogP contribution in [0, 0.1) is 5.82 Å². The van der Waals surface area contributed by atoms with Crippen molar-refractivity contribution in [2.45, 2.75) is 6.42 Å². The molecule has 0 atom stereocenters. The number of rotatable bonds is 4. The minimum Gasteiger partial charge on any atom is -0.476 e. The highest BCUT2D eigenvalue weighted by atomic mass is 19.1. The number of hydrogen-bond donors (Lipinski definition) is 2. The molecule has 4 nitrogen and oxygen atoms in total. The molecule has 0 amide bonds. The molecule has 0 fully saturated rings. The summed E-state index contributed by atoms with van der Waals surface area (Å²) in [6.45, 7) is 0.362. The molecule has 5 heteroatoms. The predicted molar refractivity (Wildman–Crippen MR) is 45.8 cm³/mol. The van der Waals surface area contributed by atoms with E-state index in [2.05, 4.69) is 4.98 Å². The van der Waals surface area contributed by atoms with Crippen molar-refractivity contribution in [3.8, 4) is 5.88 Å². The van der Waals surface area contributed by atoms with Gasteiger partial charge in [-0.15, -0.1) is 0 Å². The van der Waals surface area contributed by atoms with Gasteiger partial charge in [-0.1, -0.05) is 0 Å². The van der Waals surface area contributed by atoms with Gasteiger partial charge in [-0.2, -0.15) is 0 Å². The lowest BCUT2D eigenvalue weighted by Gasteiger charge is -2.05. The van der Waals surface area contributed by atoms with Crippen molar-refractivity contribution < 1.29 is 14.2 Å². The zero-order valence-electron chi connectivity index (χ0n) is 7.03. The highest BCUT2D eigenvalue weighted by molar-refractivity contribution is 5.47. The fraction of sp³-hybridized carbons (Fsp3) is 0.375. The Morgan fingerprint density at radius 2 is 2.38 bits per heavy atom. The lowest BCUT2D eigenvalue weighted by atomic mass is 10.4. The monoisotopic (exact) mass is 186 g/mol. The van der Waals surface area contributed by atoms with Crippen molar-refractivity contribution in [2.24, 2.45) is 0 Å². The third-order valence-electron chi connectivity index (χ3n) is 1.39. The van der Waals surface area contributed by atoms with E-state index in [4.69, 9.17) is 15.6 Å². The molecular weight excluding hydrogens is 175 g/mol. The number of nitrogens with two attached hydrogens (primary N) is 1. The molecule has 1 heterocycles. The SMILES string of the molecule is Nc1cc(F)cnc1OCCCO. The summed E-state index contributed by atoms with van der Waals surface area (Å²) < 4.78 is 17.6. The average Bonchev–Trinajstić information content (AvgIpc) is 2.09. The highest BCUT2D eigenvalue weighted by Crippen LogP contribution is 2.17. The Morgan fingerprint density at radius 3 is 3.00 bits per heavy atom. The van der Waals surface area contributed by atoms with Crippen molar-refractivity contribution in [1.82, 2.24) is 4.98 Å². The van der Waals surface area contributed by atoms with Crippen LogP contribution in [-0.4, -0.2) is 23.3 Å². The van der Waals surface area contributed by atoms with Gasteiger partial charge in [0.05, 0.1) is 18.5 Å². The quantitative estimate of drug-likeness (QED) is 0.674. The summed E-state index contributed by atoms with van der Waals surface area (Å²) in [4.78, 5) is 3.65. The first-order valence-corrected chi connectivity index (χ1v) is 3.88. The van der Waals surface area contributed by atoms with Crippen LogP contribution in [0.1, 0.15) is 6.42 Å². The fourth-order valence-corrected chi connectivity index (χ4v) is 0.796. The topological polar surface area (TPSA) is 68.4 Å². The molecule has 0 radical (unpaired) electrons. The van der Waals surface area contributed by atoms with Crippen LogP contribution in [0.25, 0.3) is 0 Å². The first-order chi connectivity index (χ1) is 6.24. The number of ether oxygens (including phenoxy) is 1. The number of hydrogen-bond acceptors (Lipinski definition) is 4. The number of anilines is 1. The molecule has 13 heavy (non-hydrogen) atoms. The number of halogens is 1. The fourth-order valence-electron chi connectivity index (χ4n) is 0.796. The van der Waals surface area contributed by atoms with Gasteiger partial charge in [0.1, 0.15) is 5.82 Å². The van der Waals surface area contributed by atoms with E-state index in [-0.39, 0.29) is 18.2 Å². The van der Waals surface area contributed by atoms with Gasteiger partial charge in [-0.05, 0) is 0 Å². The number of aromatic nitrogens is 1. The van der Waals surface area contributed by atoms with E-state index >= 15 is 0 Å². The first kappa shape index (κ1) is 9.73. The predicted octanol–water partition coefficient (Wildman–Crippen LogP) is 0.564. The first-order valence-electron chi connectivity index (χ1n) is 3.88. The average molecular weight is 186 g/mol. The second-order valence-corrected chi connectivity index (χ2v) is 2.47. The van der Waals surface area contributed by atoms with E-state index < -0.39 is 5.82 Å². The number of nitrogens with zero attached hydrogens (tertiary/aromatic N) is 1. The van der Waals surface area contributed by atoms with Crippen LogP contribution in [0.2, 0.25) is 0 Å². The Balaban J connectivity index is 2.56. The smallest absolute Gasteiger partial charge is 0.237 e. The lowest BCUT2D eigenvalue weighted by Crippen LogP contribution is -2.04. The van der Waals surface area contributed by atoms with Gasteiger partial charge >= 0.3 is 0 Å². The van der Waals surface area contributed by atoms with E-state index in [0.717, 1.165) is 12.3 Å². The van der Waals surface area contributed by atoms with Crippen LogP contribution >= 0.6 is 0 Å². The summed E-state index contributed by atoms with van der Waals surface area (Å²) in [6.07, 6.45) is 1.53. The van der Waals surface area contributed by atoms with E-state index in [1.54, 1.807) is 0 Å². The van der Waals surface area contributed by atoms with Crippen molar-refractivity contribution in [3.05, 3.63) is 18.1 Å². The van der Waals surface area contributed by atoms with Crippen LogP contribution in [0.4, 0.5) is 10.1 Å². The molecule has 0 aliphatic carbocycles. The Kier molecular flexibility index (Phi) is 3.45. The van der Waals surface area contributed by atoms with Crippen molar-refractivity contribution >= 4 is 5.69 Å². The molecule has 0 aromatic carbocycles. The van der Waals surface area contributed by atoms with E-state index in [9.17, 15) is 4.39 Å². The minimum atomic E-state index is -0.494. The van der Waals surface area contributed by atoms with Crippen molar-refractivity contribution in [3.63, 3.8) is 0 Å². The molecule has 0 saturated heterocycles. The standard InChI is InChI=1S/C8H11FN2O2/c9-6-4-7(10)8(11-5-6)13-3-1-2-12/h4-5,12H,1-3,10H2. The largest absolute Gasteiger partial charge is 0.476 e. The molecule has 0 saturated carbocycles. The molecule has 0 aliphatic heterocycles. The van der Waals surface area contributed by atoms with Crippen LogP contribution < -0.4 is 10.5 Å². The van der Waals surface area contributed by atoms with Gasteiger partial charge in [0.25, 0.3) is 0 Å². The number of pyridine rings is 1. The Hall–Kier alpha value is -1.36. The van der Waals surface area contributed by atoms with Crippen LogP contribution in [0.15, 0.2) is 12.3 Å². The summed E-state index contributed by atoms with van der Waals surface area (Å²) in [5, 5.41) is 8.47. The van der Waals surface area contributed by atoms with Crippen molar-refractivity contribution in [1.29, 1.82) is 0 Å². The second kappa shape index (κ2) is 4.61. The molecule has 0 aliphatic rings. The molecule has 0 spiro atoms. The number of aliphatic hydroxyl groups excluding tert-OH is 1. The van der Waals surface area contributed by atoms with Crippen LogP contribution in [0.3, 0.4) is 0 Å². The summed E-state index contributed by atoms with van der Waals surface area (Å²) in [5.41, 5.74) is 5.58. The normalized spacial score (nSPS) is 10.0. The molecule has 0 bridgehead atoms. The third kappa shape index (κ3) is 2.87. The van der Waals surface area contributed by atoms with Gasteiger partial charge in [-0.25, -0.2) is 9.37 Å². The molecule has 0 unspecified atom stereocenters. The molecule has 1 aromatic rings. The van der Waals surface area contributed by atoms with Crippen molar-refractivity contribution in [2.75, 3.05) is 18.9 Å². The van der Waals surface area contributed by atoms with Gasteiger partial charge in [0.2, 0.25) is 5.88 Å². The summed E-state index contributed by atoms with van der Waals surface area (Å²) in [7, 11) is 0. The maximum atomic E-state index is 12.5. The second-order valence-electron chi connectivity index (χ2n) is 2.47. The minimum absolute atomic E-state index is 0.0428. The van der Waals surface area contributed by atoms with Gasteiger partial charge in [0.15, 0.2) is 0 Å². The maximum absolute atomic E-state index is 12.5. The van der Waals surface area contributed by atoms with Crippen LogP contribution in [0.5, 0.6) is 5.88 Å². The van der Waals surface area contributed by atoms with Gasteiger partial charge < -0.3 is 15.6 Å². The molecule has 1 rings (SSSR count). The van der Waals surface area contributed by atoms with E-state index in [1.165, 1.54) is 0 Å². The molecule has 1 aromatic heterocycles. The molecule has 3 N–H and O–H groups in total. The Morgan fingerprint density at radius 1 is 1.62 bits per heavy atom. The van der Waals surface area contributed by atoms with E-state index in [0.29, 0.717) is 13.0 Å². The third-order valence-corrected chi connectivity index (χ3v) is 1.39. The van der Waals surface area contributed by atoms with Gasteiger partial charge in [-0.3, -0.25) is 0 Å². The highest BCUT2D eigenvalue weighted by Gasteiger charge is 2.02.